The van der Waals surface area contributed by atoms with Crippen LogP contribution in [0.3, 0.4) is 0 Å². The van der Waals surface area contributed by atoms with E-state index in [0.29, 0.717) is 6.04 Å². The molecule has 0 bridgehead atoms. The van der Waals surface area contributed by atoms with Crippen molar-refractivity contribution in [2.24, 2.45) is 0 Å². The first-order valence-electron chi connectivity index (χ1n) is 7.33. The first kappa shape index (κ1) is 14.1. The van der Waals surface area contributed by atoms with Crippen LogP contribution in [0.1, 0.15) is 36.5 Å². The Morgan fingerprint density at radius 1 is 1.32 bits per heavy atom. The van der Waals surface area contributed by atoms with Crippen molar-refractivity contribution in [3.05, 3.63) is 46.7 Å². The van der Waals surface area contributed by atoms with E-state index >= 15 is 0 Å². The number of rotatable bonds is 6. The standard InChI is InChI=1S/C17H25NO/c1-4-9-18-16(17-6-5-10-19-17)12-15-11-13(2)7-8-14(15)3/h6-8,11,16,18H,4-5,9-10,12H2,1-3H3. The van der Waals surface area contributed by atoms with Gasteiger partial charge in [0.15, 0.2) is 0 Å². The van der Waals surface area contributed by atoms with E-state index in [1.165, 1.54) is 16.7 Å². The molecule has 1 heterocycles. The van der Waals surface area contributed by atoms with Gasteiger partial charge in [0.1, 0.15) is 5.76 Å². The van der Waals surface area contributed by atoms with Gasteiger partial charge >= 0.3 is 0 Å². The molecule has 0 aromatic heterocycles. The lowest BCUT2D eigenvalue weighted by atomic mass is 9.98. The molecule has 0 aliphatic carbocycles. The van der Waals surface area contributed by atoms with Crippen molar-refractivity contribution in [2.75, 3.05) is 13.2 Å². The molecule has 2 rings (SSSR count). The molecule has 1 N–H and O–H groups in total. The second kappa shape index (κ2) is 6.76. The Balaban J connectivity index is 2.12. The molecule has 0 spiro atoms. The van der Waals surface area contributed by atoms with E-state index in [1.54, 1.807) is 0 Å². The molecule has 1 aliphatic rings. The van der Waals surface area contributed by atoms with Crippen molar-refractivity contribution < 1.29 is 4.74 Å². The van der Waals surface area contributed by atoms with Crippen molar-refractivity contribution >= 4 is 0 Å². The minimum absolute atomic E-state index is 0.322. The molecule has 1 aromatic carbocycles. The maximum absolute atomic E-state index is 5.75. The van der Waals surface area contributed by atoms with Gasteiger partial charge in [0.25, 0.3) is 0 Å². The summed E-state index contributed by atoms with van der Waals surface area (Å²) in [5.74, 6) is 1.13. The maximum Gasteiger partial charge on any atom is 0.109 e. The van der Waals surface area contributed by atoms with Crippen LogP contribution >= 0.6 is 0 Å². The number of ether oxygens (including phenoxy) is 1. The molecule has 0 amide bonds. The number of hydrogen-bond donors (Lipinski definition) is 1. The van der Waals surface area contributed by atoms with Gasteiger partial charge in [-0.3, -0.25) is 0 Å². The van der Waals surface area contributed by atoms with Crippen molar-refractivity contribution in [1.82, 2.24) is 5.32 Å². The topological polar surface area (TPSA) is 21.3 Å². The van der Waals surface area contributed by atoms with Gasteiger partial charge in [0, 0.05) is 6.42 Å². The Labute approximate surface area is 116 Å². The van der Waals surface area contributed by atoms with Crippen LogP contribution < -0.4 is 5.32 Å². The van der Waals surface area contributed by atoms with Gasteiger partial charge in [-0.2, -0.15) is 0 Å². The van der Waals surface area contributed by atoms with Crippen LogP contribution in [-0.2, 0) is 11.2 Å². The van der Waals surface area contributed by atoms with Crippen molar-refractivity contribution in [2.45, 2.75) is 46.1 Å². The third-order valence-electron chi connectivity index (χ3n) is 3.64. The number of nitrogens with one attached hydrogen (secondary N) is 1. The van der Waals surface area contributed by atoms with Crippen molar-refractivity contribution in [1.29, 1.82) is 0 Å². The molecule has 19 heavy (non-hydrogen) atoms. The average Bonchev–Trinajstić information content (AvgIpc) is 2.92. The van der Waals surface area contributed by atoms with E-state index in [-0.39, 0.29) is 0 Å². The Morgan fingerprint density at radius 3 is 2.84 bits per heavy atom. The SMILES string of the molecule is CCCNC(Cc1cc(C)ccc1C)C1=CCCO1. The number of aryl methyl sites for hydroxylation is 2. The van der Waals surface area contributed by atoms with Gasteiger partial charge in [-0.25, -0.2) is 0 Å². The highest BCUT2D eigenvalue weighted by Gasteiger charge is 2.19. The normalized spacial score (nSPS) is 16.1. The van der Waals surface area contributed by atoms with Crippen LogP contribution in [0.15, 0.2) is 30.0 Å². The van der Waals surface area contributed by atoms with Gasteiger partial charge < -0.3 is 10.1 Å². The smallest absolute Gasteiger partial charge is 0.109 e. The van der Waals surface area contributed by atoms with Gasteiger partial charge in [0.2, 0.25) is 0 Å². The summed E-state index contributed by atoms with van der Waals surface area (Å²) in [7, 11) is 0. The van der Waals surface area contributed by atoms with Crippen LogP contribution in [0.2, 0.25) is 0 Å². The molecule has 1 aromatic rings. The van der Waals surface area contributed by atoms with Crippen LogP contribution in [0.5, 0.6) is 0 Å². The van der Waals surface area contributed by atoms with E-state index in [1.807, 2.05) is 0 Å². The summed E-state index contributed by atoms with van der Waals surface area (Å²) >= 11 is 0. The summed E-state index contributed by atoms with van der Waals surface area (Å²) < 4.78 is 5.75. The van der Waals surface area contributed by atoms with Crippen LogP contribution in [0.25, 0.3) is 0 Å². The fourth-order valence-electron chi connectivity index (χ4n) is 2.51. The number of hydrogen-bond acceptors (Lipinski definition) is 2. The molecule has 1 unspecified atom stereocenters. The van der Waals surface area contributed by atoms with Gasteiger partial charge in [0.05, 0.1) is 12.6 Å². The highest BCUT2D eigenvalue weighted by molar-refractivity contribution is 5.32. The van der Waals surface area contributed by atoms with Crippen LogP contribution in [0.4, 0.5) is 0 Å². The molecule has 104 valence electrons. The molecule has 0 radical (unpaired) electrons. The maximum atomic E-state index is 5.75. The summed E-state index contributed by atoms with van der Waals surface area (Å²) in [5, 5.41) is 3.61. The minimum Gasteiger partial charge on any atom is -0.496 e. The zero-order valence-electron chi connectivity index (χ0n) is 12.3. The monoisotopic (exact) mass is 259 g/mol. The molecular weight excluding hydrogens is 234 g/mol. The van der Waals surface area contributed by atoms with E-state index < -0.39 is 0 Å². The predicted molar refractivity (Wildman–Crippen MR) is 80.4 cm³/mol. The summed E-state index contributed by atoms with van der Waals surface area (Å²) in [6, 6.07) is 7.01. The quantitative estimate of drug-likeness (QED) is 0.844. The summed E-state index contributed by atoms with van der Waals surface area (Å²) in [5.41, 5.74) is 4.12. The Morgan fingerprint density at radius 2 is 2.16 bits per heavy atom. The summed E-state index contributed by atoms with van der Waals surface area (Å²) in [4.78, 5) is 0. The third-order valence-corrected chi connectivity index (χ3v) is 3.64. The summed E-state index contributed by atoms with van der Waals surface area (Å²) in [6.07, 6.45) is 5.45. The van der Waals surface area contributed by atoms with E-state index in [4.69, 9.17) is 4.74 Å². The molecule has 0 saturated carbocycles. The lowest BCUT2D eigenvalue weighted by Gasteiger charge is -2.21. The highest BCUT2D eigenvalue weighted by Crippen LogP contribution is 2.20. The summed E-state index contributed by atoms with van der Waals surface area (Å²) in [6.45, 7) is 8.42. The van der Waals surface area contributed by atoms with Crippen molar-refractivity contribution in [3.63, 3.8) is 0 Å². The second-order valence-electron chi connectivity index (χ2n) is 5.38. The predicted octanol–water partition coefficient (Wildman–Crippen LogP) is 3.52. The van der Waals surface area contributed by atoms with Crippen molar-refractivity contribution in [3.8, 4) is 0 Å². The first-order chi connectivity index (χ1) is 9.20. The Hall–Kier alpha value is -1.28. The van der Waals surface area contributed by atoms with E-state index in [9.17, 15) is 0 Å². The Kier molecular flexibility index (Phi) is 5.03. The Bertz CT molecular complexity index is 451. The molecular formula is C17H25NO. The zero-order valence-corrected chi connectivity index (χ0v) is 12.3. The fraction of sp³-hybridized carbons (Fsp3) is 0.529. The fourth-order valence-corrected chi connectivity index (χ4v) is 2.51. The van der Waals surface area contributed by atoms with Gasteiger partial charge in [-0.1, -0.05) is 30.7 Å². The second-order valence-corrected chi connectivity index (χ2v) is 5.38. The molecule has 2 nitrogen and oxygen atoms in total. The molecule has 1 atom stereocenters. The largest absolute Gasteiger partial charge is 0.496 e. The zero-order chi connectivity index (χ0) is 13.7. The number of benzene rings is 1. The van der Waals surface area contributed by atoms with Crippen LogP contribution in [-0.4, -0.2) is 19.2 Å². The lowest BCUT2D eigenvalue weighted by Crippen LogP contribution is -2.34. The highest BCUT2D eigenvalue weighted by atomic mass is 16.5. The lowest BCUT2D eigenvalue weighted by molar-refractivity contribution is 0.214. The molecule has 2 heteroatoms. The molecule has 1 aliphatic heterocycles. The van der Waals surface area contributed by atoms with Gasteiger partial charge in [-0.05, 0) is 50.4 Å². The van der Waals surface area contributed by atoms with Crippen LogP contribution in [0, 0.1) is 13.8 Å². The first-order valence-corrected chi connectivity index (χ1v) is 7.33. The third kappa shape index (κ3) is 3.84. The van der Waals surface area contributed by atoms with E-state index in [2.05, 4.69) is 50.4 Å². The molecule has 0 fully saturated rings. The van der Waals surface area contributed by atoms with E-state index in [0.717, 1.165) is 38.2 Å². The minimum atomic E-state index is 0.322. The molecule has 0 saturated heterocycles. The van der Waals surface area contributed by atoms with Gasteiger partial charge in [-0.15, -0.1) is 0 Å². The average molecular weight is 259 g/mol.